The number of amides is 1. The molecule has 0 atom stereocenters. The van der Waals surface area contributed by atoms with E-state index in [1.165, 1.54) is 11.3 Å². The van der Waals surface area contributed by atoms with Crippen molar-refractivity contribution in [2.45, 2.75) is 27.7 Å². The van der Waals surface area contributed by atoms with Gasteiger partial charge in [-0.05, 0) is 27.7 Å². The number of anilines is 1. The van der Waals surface area contributed by atoms with Crippen molar-refractivity contribution in [1.82, 2.24) is 24.5 Å². The van der Waals surface area contributed by atoms with Crippen LogP contribution in [0, 0.1) is 27.7 Å². The molecule has 1 amide bonds. The summed E-state index contributed by atoms with van der Waals surface area (Å²) in [6.07, 6.45) is 4.85. The number of imidazole rings is 1. The topological polar surface area (TPSA) is 85.6 Å². The molecule has 0 spiro atoms. The van der Waals surface area contributed by atoms with E-state index in [9.17, 15) is 4.79 Å². The summed E-state index contributed by atoms with van der Waals surface area (Å²) in [6.45, 7) is 7.58. The Labute approximate surface area is 137 Å². The summed E-state index contributed by atoms with van der Waals surface area (Å²) in [5.41, 5.74) is 3.19. The van der Waals surface area contributed by atoms with Crippen LogP contribution in [0.5, 0.6) is 0 Å². The molecule has 0 saturated carbocycles. The molecule has 118 valence electrons. The van der Waals surface area contributed by atoms with Crippen LogP contribution in [0.2, 0.25) is 0 Å². The molecule has 0 bridgehead atoms. The zero-order chi connectivity index (χ0) is 16.6. The van der Waals surface area contributed by atoms with Crippen molar-refractivity contribution in [2.24, 2.45) is 0 Å². The molecular formula is C15H16N6OS. The van der Waals surface area contributed by atoms with Crippen molar-refractivity contribution >= 4 is 22.9 Å². The number of rotatable bonds is 3. The molecule has 3 heterocycles. The van der Waals surface area contributed by atoms with Gasteiger partial charge in [0, 0.05) is 5.69 Å². The van der Waals surface area contributed by atoms with Crippen LogP contribution in [0.3, 0.4) is 0 Å². The van der Waals surface area contributed by atoms with Gasteiger partial charge in [-0.1, -0.05) is 0 Å². The Hall–Kier alpha value is -2.61. The number of nitrogens with zero attached hydrogens (tertiary/aromatic N) is 5. The van der Waals surface area contributed by atoms with Crippen LogP contribution < -0.4 is 5.32 Å². The maximum atomic E-state index is 12.2. The smallest absolute Gasteiger partial charge is 0.267 e. The summed E-state index contributed by atoms with van der Waals surface area (Å²) in [7, 11) is 0. The summed E-state index contributed by atoms with van der Waals surface area (Å²) >= 11 is 1.37. The summed E-state index contributed by atoms with van der Waals surface area (Å²) in [5, 5.41) is 3.66. The van der Waals surface area contributed by atoms with Gasteiger partial charge in [-0.2, -0.15) is 0 Å². The third-order valence-corrected chi connectivity index (χ3v) is 4.54. The van der Waals surface area contributed by atoms with Gasteiger partial charge in [0.2, 0.25) is 5.95 Å². The van der Waals surface area contributed by atoms with Crippen molar-refractivity contribution in [1.29, 1.82) is 0 Å². The second kappa shape index (κ2) is 5.88. The molecule has 23 heavy (non-hydrogen) atoms. The van der Waals surface area contributed by atoms with Crippen LogP contribution >= 0.6 is 11.3 Å². The van der Waals surface area contributed by atoms with Gasteiger partial charge in [0.1, 0.15) is 11.2 Å². The number of thiazole rings is 1. The highest BCUT2D eigenvalue weighted by atomic mass is 32.1. The average molecular weight is 328 g/mol. The number of hydrogen-bond donors (Lipinski definition) is 1. The molecule has 7 nitrogen and oxygen atoms in total. The van der Waals surface area contributed by atoms with Crippen LogP contribution in [0.4, 0.5) is 5.69 Å². The Morgan fingerprint density at radius 1 is 1.09 bits per heavy atom. The van der Waals surface area contributed by atoms with E-state index < -0.39 is 0 Å². The summed E-state index contributed by atoms with van der Waals surface area (Å²) in [5.74, 6) is 0.324. The molecule has 0 aliphatic heterocycles. The summed E-state index contributed by atoms with van der Waals surface area (Å²) in [6, 6.07) is 0. The first kappa shape index (κ1) is 15.3. The second-order valence-corrected chi connectivity index (χ2v) is 6.36. The molecule has 8 heteroatoms. The first-order chi connectivity index (χ1) is 11.0. The van der Waals surface area contributed by atoms with Gasteiger partial charge in [-0.25, -0.2) is 19.9 Å². The van der Waals surface area contributed by atoms with Crippen molar-refractivity contribution in [2.75, 3.05) is 5.32 Å². The zero-order valence-corrected chi connectivity index (χ0v) is 14.1. The van der Waals surface area contributed by atoms with Gasteiger partial charge >= 0.3 is 0 Å². The van der Waals surface area contributed by atoms with Gasteiger partial charge in [-0.15, -0.1) is 11.3 Å². The van der Waals surface area contributed by atoms with E-state index in [0.29, 0.717) is 16.5 Å². The van der Waals surface area contributed by atoms with Gasteiger partial charge in [-0.3, -0.25) is 9.36 Å². The van der Waals surface area contributed by atoms with E-state index in [0.717, 1.165) is 22.1 Å². The number of aromatic nitrogens is 5. The van der Waals surface area contributed by atoms with Gasteiger partial charge in [0.05, 0.1) is 34.5 Å². The van der Waals surface area contributed by atoms with E-state index >= 15 is 0 Å². The van der Waals surface area contributed by atoms with E-state index in [2.05, 4.69) is 25.3 Å². The van der Waals surface area contributed by atoms with E-state index in [1.54, 1.807) is 23.3 Å². The summed E-state index contributed by atoms with van der Waals surface area (Å²) in [4.78, 5) is 29.9. The standard InChI is InChI=1S/C15H16N6OS/c1-8-10(3)21(7-18-8)15-16-5-12(6-17-15)20-14(22)13-9(2)19-11(4)23-13/h5-7H,1-4H3,(H,20,22). The molecule has 3 aromatic heterocycles. The lowest BCUT2D eigenvalue weighted by molar-refractivity contribution is 0.102. The fraction of sp³-hybridized carbons (Fsp3) is 0.267. The fourth-order valence-corrected chi connectivity index (χ4v) is 2.96. The van der Waals surface area contributed by atoms with E-state index in [-0.39, 0.29) is 5.91 Å². The van der Waals surface area contributed by atoms with Crippen LogP contribution in [-0.4, -0.2) is 30.4 Å². The zero-order valence-electron chi connectivity index (χ0n) is 13.3. The first-order valence-corrected chi connectivity index (χ1v) is 7.85. The van der Waals surface area contributed by atoms with Crippen LogP contribution in [0.15, 0.2) is 18.7 Å². The molecule has 1 N–H and O–H groups in total. The molecule has 0 radical (unpaired) electrons. The molecule has 0 aliphatic rings. The van der Waals surface area contributed by atoms with Gasteiger partial charge in [0.15, 0.2) is 0 Å². The van der Waals surface area contributed by atoms with Crippen molar-refractivity contribution in [3.05, 3.63) is 45.7 Å². The number of hydrogen-bond acceptors (Lipinski definition) is 6. The first-order valence-electron chi connectivity index (χ1n) is 7.04. The predicted octanol–water partition coefficient (Wildman–Crippen LogP) is 2.60. The predicted molar refractivity (Wildman–Crippen MR) is 88.2 cm³/mol. The third-order valence-electron chi connectivity index (χ3n) is 3.47. The third kappa shape index (κ3) is 2.98. The Bertz CT molecular complexity index is 865. The molecule has 3 aromatic rings. The Balaban J connectivity index is 1.79. The number of carbonyl (C=O) groups is 1. The van der Waals surface area contributed by atoms with E-state index in [1.807, 2.05) is 27.7 Å². The minimum atomic E-state index is -0.195. The van der Waals surface area contributed by atoms with Crippen LogP contribution in [0.25, 0.3) is 5.95 Å². The maximum Gasteiger partial charge on any atom is 0.267 e. The molecule has 0 saturated heterocycles. The number of nitrogens with one attached hydrogen (secondary N) is 1. The average Bonchev–Trinajstić information content (AvgIpc) is 3.03. The Morgan fingerprint density at radius 3 is 2.30 bits per heavy atom. The SMILES string of the molecule is Cc1nc(C)c(C(=O)Nc2cnc(-n3cnc(C)c3C)nc2)s1. The lowest BCUT2D eigenvalue weighted by Crippen LogP contribution is -2.12. The minimum Gasteiger partial charge on any atom is -0.319 e. The highest BCUT2D eigenvalue weighted by Gasteiger charge is 2.14. The van der Waals surface area contributed by atoms with Crippen molar-refractivity contribution in [3.8, 4) is 5.95 Å². The maximum absolute atomic E-state index is 12.2. The normalized spacial score (nSPS) is 10.8. The highest BCUT2D eigenvalue weighted by molar-refractivity contribution is 7.13. The number of carbonyl (C=O) groups excluding carboxylic acids is 1. The molecule has 0 fully saturated rings. The van der Waals surface area contributed by atoms with Crippen molar-refractivity contribution < 1.29 is 4.79 Å². The molecule has 0 aromatic carbocycles. The molecular weight excluding hydrogens is 312 g/mol. The van der Waals surface area contributed by atoms with Crippen molar-refractivity contribution in [3.63, 3.8) is 0 Å². The largest absolute Gasteiger partial charge is 0.319 e. The molecule has 0 unspecified atom stereocenters. The van der Waals surface area contributed by atoms with Gasteiger partial charge in [0.25, 0.3) is 5.91 Å². The molecule has 0 aliphatic carbocycles. The lowest BCUT2D eigenvalue weighted by Gasteiger charge is -2.06. The molecule has 3 rings (SSSR count). The van der Waals surface area contributed by atoms with E-state index in [4.69, 9.17) is 0 Å². The Kier molecular flexibility index (Phi) is 3.91. The quantitative estimate of drug-likeness (QED) is 0.799. The highest BCUT2D eigenvalue weighted by Crippen LogP contribution is 2.19. The van der Waals surface area contributed by atoms with Crippen LogP contribution in [0.1, 0.15) is 31.8 Å². The minimum absolute atomic E-state index is 0.195. The monoisotopic (exact) mass is 328 g/mol. The second-order valence-electron chi connectivity index (χ2n) is 5.16. The van der Waals surface area contributed by atoms with Gasteiger partial charge < -0.3 is 5.32 Å². The summed E-state index contributed by atoms with van der Waals surface area (Å²) < 4.78 is 1.80. The van der Waals surface area contributed by atoms with Crippen LogP contribution in [-0.2, 0) is 0 Å². The Morgan fingerprint density at radius 2 is 1.78 bits per heavy atom. The number of aryl methyl sites for hydroxylation is 3. The fourth-order valence-electron chi connectivity index (χ4n) is 2.14. The lowest BCUT2D eigenvalue weighted by atomic mass is 10.3.